The van der Waals surface area contributed by atoms with Crippen molar-refractivity contribution in [1.82, 2.24) is 19.8 Å². The molecule has 0 aliphatic carbocycles. The van der Waals surface area contributed by atoms with Crippen molar-refractivity contribution in [3.05, 3.63) is 54.4 Å². The summed E-state index contributed by atoms with van der Waals surface area (Å²) in [6.45, 7) is 11.4. The molecule has 1 aromatic heterocycles. The summed E-state index contributed by atoms with van der Waals surface area (Å²) >= 11 is 1.72. The second-order valence-corrected chi connectivity index (χ2v) is 12.5. The molecule has 5 rings (SSSR count). The molecule has 0 saturated carbocycles. The highest BCUT2D eigenvalue weighted by Crippen LogP contribution is 2.27. The summed E-state index contributed by atoms with van der Waals surface area (Å²) in [5, 5.41) is 11.2. The standard InChI is InChI=1S/C30H41N5O2S.C2HF3O2/c1-23(2)29-32-30(37-33-29)35-19-14-24(15-20-35)22-36-27-10-6-25(7-11-27)26-8-12-28(13-9-26)38-31-16-21-34-17-4-3-5-18-34;3-2(4,5)1(6)7/h6-13,23-24,31H,3-5,14-22H2,1-2H3;(H,6,7). The Hall–Kier alpha value is -3.29. The third kappa shape index (κ3) is 11.2. The molecule has 2 aliphatic rings. The van der Waals surface area contributed by atoms with E-state index in [4.69, 9.17) is 19.2 Å². The van der Waals surface area contributed by atoms with Crippen molar-refractivity contribution in [3.8, 4) is 16.9 Å². The number of carboxylic acid groups (broad SMARTS) is 1. The van der Waals surface area contributed by atoms with Crippen LogP contribution in [0.2, 0.25) is 0 Å². The molecular weight excluding hydrogens is 607 g/mol. The zero-order valence-corrected chi connectivity index (χ0v) is 26.6. The number of aromatic nitrogens is 2. The molecule has 0 amide bonds. The number of hydrogen-bond donors (Lipinski definition) is 2. The minimum Gasteiger partial charge on any atom is -0.493 e. The Balaban J connectivity index is 0.000000591. The summed E-state index contributed by atoms with van der Waals surface area (Å²) in [6.07, 6.45) is 1.14. The number of nitrogens with zero attached hydrogens (tertiary/aromatic N) is 4. The number of carbonyl (C=O) groups is 1. The lowest BCUT2D eigenvalue weighted by molar-refractivity contribution is -0.192. The van der Waals surface area contributed by atoms with E-state index in [1.807, 2.05) is 0 Å². The van der Waals surface area contributed by atoms with E-state index in [1.165, 1.54) is 48.4 Å². The Bertz CT molecular complexity index is 1310. The van der Waals surface area contributed by atoms with Gasteiger partial charge in [-0.25, -0.2) is 4.79 Å². The van der Waals surface area contributed by atoms with Crippen LogP contribution in [0.4, 0.5) is 19.2 Å². The first-order valence-electron chi connectivity index (χ1n) is 15.4. The molecule has 3 aromatic rings. The lowest BCUT2D eigenvalue weighted by atomic mass is 9.98. The molecule has 0 radical (unpaired) electrons. The van der Waals surface area contributed by atoms with E-state index in [2.05, 4.69) is 87.0 Å². The molecule has 2 N–H and O–H groups in total. The average molecular weight is 650 g/mol. The molecule has 0 bridgehead atoms. The smallest absolute Gasteiger partial charge is 0.490 e. The van der Waals surface area contributed by atoms with Gasteiger partial charge in [-0.1, -0.05) is 49.7 Å². The summed E-state index contributed by atoms with van der Waals surface area (Å²) in [7, 11) is 0. The van der Waals surface area contributed by atoms with Crippen molar-refractivity contribution in [1.29, 1.82) is 0 Å². The molecule has 3 heterocycles. The van der Waals surface area contributed by atoms with Gasteiger partial charge in [-0.3, -0.25) is 4.72 Å². The predicted molar refractivity (Wildman–Crippen MR) is 169 cm³/mol. The van der Waals surface area contributed by atoms with Crippen LogP contribution in [-0.2, 0) is 4.79 Å². The van der Waals surface area contributed by atoms with Gasteiger partial charge in [0.05, 0.1) is 6.61 Å². The SMILES string of the molecule is CC(C)c1noc(N2CCC(COc3ccc(-c4ccc(SNCCN5CCCCC5)cc4)cc3)CC2)n1.O=C(O)C(F)(F)F. The topological polar surface area (TPSA) is 104 Å². The van der Waals surface area contributed by atoms with Gasteiger partial charge >= 0.3 is 18.2 Å². The molecule has 13 heteroatoms. The fourth-order valence-corrected chi connectivity index (χ4v) is 5.71. The summed E-state index contributed by atoms with van der Waals surface area (Å²) in [5.41, 5.74) is 2.43. The number of carboxylic acids is 1. The molecule has 2 saturated heterocycles. The number of aliphatic carboxylic acids is 1. The van der Waals surface area contributed by atoms with Crippen LogP contribution >= 0.6 is 11.9 Å². The van der Waals surface area contributed by atoms with Crippen LogP contribution < -0.4 is 14.4 Å². The minimum absolute atomic E-state index is 0.282. The first-order chi connectivity index (χ1) is 21.6. The summed E-state index contributed by atoms with van der Waals surface area (Å²) in [4.78, 5) is 19.4. The second-order valence-electron chi connectivity index (χ2n) is 11.6. The third-order valence-electron chi connectivity index (χ3n) is 7.77. The number of piperidine rings is 2. The van der Waals surface area contributed by atoms with E-state index in [0.717, 1.165) is 57.2 Å². The van der Waals surface area contributed by atoms with Gasteiger partial charge in [0.1, 0.15) is 5.75 Å². The van der Waals surface area contributed by atoms with Crippen LogP contribution in [0.15, 0.2) is 57.9 Å². The highest BCUT2D eigenvalue weighted by molar-refractivity contribution is 7.97. The second kappa shape index (κ2) is 16.9. The van der Waals surface area contributed by atoms with Crippen LogP contribution in [0.25, 0.3) is 11.1 Å². The normalized spacial score (nSPS) is 16.4. The van der Waals surface area contributed by atoms with Crippen LogP contribution in [-0.4, -0.2) is 78.2 Å². The molecule has 0 unspecified atom stereocenters. The zero-order chi connectivity index (χ0) is 32.2. The number of alkyl halides is 3. The van der Waals surface area contributed by atoms with Crippen LogP contribution in [0.3, 0.4) is 0 Å². The maximum Gasteiger partial charge on any atom is 0.490 e. The minimum atomic E-state index is -5.08. The van der Waals surface area contributed by atoms with Gasteiger partial charge in [-0.05, 0) is 92.0 Å². The van der Waals surface area contributed by atoms with Gasteiger partial charge in [-0.2, -0.15) is 18.2 Å². The van der Waals surface area contributed by atoms with Crippen LogP contribution in [0, 0.1) is 5.92 Å². The number of hydrogen-bond acceptors (Lipinski definition) is 9. The van der Waals surface area contributed by atoms with Crippen LogP contribution in [0.1, 0.15) is 57.7 Å². The van der Waals surface area contributed by atoms with Gasteiger partial charge in [0.25, 0.3) is 0 Å². The molecule has 2 aliphatic heterocycles. The van der Waals surface area contributed by atoms with Gasteiger partial charge in [0.2, 0.25) is 0 Å². The molecule has 0 atom stereocenters. The molecule has 246 valence electrons. The van der Waals surface area contributed by atoms with E-state index in [9.17, 15) is 13.2 Å². The number of nitrogens with one attached hydrogen (secondary N) is 1. The van der Waals surface area contributed by atoms with Gasteiger partial charge in [0.15, 0.2) is 5.82 Å². The van der Waals surface area contributed by atoms with E-state index >= 15 is 0 Å². The molecule has 2 aromatic carbocycles. The summed E-state index contributed by atoms with van der Waals surface area (Å²) < 4.78 is 46.9. The molecule has 9 nitrogen and oxygen atoms in total. The summed E-state index contributed by atoms with van der Waals surface area (Å²) in [6, 6.07) is 17.9. The fraction of sp³-hybridized carbons (Fsp3) is 0.531. The molecule has 45 heavy (non-hydrogen) atoms. The van der Waals surface area contributed by atoms with Crippen molar-refractivity contribution in [3.63, 3.8) is 0 Å². The Labute approximate surface area is 266 Å². The lowest BCUT2D eigenvalue weighted by Gasteiger charge is -2.30. The third-order valence-corrected chi connectivity index (χ3v) is 8.63. The average Bonchev–Trinajstić information content (AvgIpc) is 3.55. The highest BCUT2D eigenvalue weighted by atomic mass is 32.2. The first kappa shape index (κ1) is 34.6. The lowest BCUT2D eigenvalue weighted by Crippen LogP contribution is -2.35. The van der Waals surface area contributed by atoms with Crippen molar-refractivity contribution in [2.45, 2.75) is 62.9 Å². The number of ether oxygens (including phenoxy) is 1. The molecule has 0 spiro atoms. The number of anilines is 1. The number of rotatable bonds is 11. The van der Waals surface area contributed by atoms with Gasteiger partial charge in [-0.15, -0.1) is 0 Å². The van der Waals surface area contributed by atoms with E-state index in [0.29, 0.717) is 11.9 Å². The quantitative estimate of drug-likeness (QED) is 0.169. The Morgan fingerprint density at radius 1 is 1.02 bits per heavy atom. The van der Waals surface area contributed by atoms with Crippen molar-refractivity contribution in [2.75, 3.05) is 50.8 Å². The predicted octanol–water partition coefficient (Wildman–Crippen LogP) is 6.87. The van der Waals surface area contributed by atoms with Gasteiger partial charge < -0.3 is 24.2 Å². The number of halogens is 3. The Morgan fingerprint density at radius 2 is 1.62 bits per heavy atom. The van der Waals surface area contributed by atoms with Crippen molar-refractivity contribution >= 4 is 23.9 Å². The fourth-order valence-electron chi connectivity index (χ4n) is 5.07. The zero-order valence-electron chi connectivity index (χ0n) is 25.8. The maximum atomic E-state index is 10.6. The highest BCUT2D eigenvalue weighted by Gasteiger charge is 2.38. The van der Waals surface area contributed by atoms with Crippen molar-refractivity contribution < 1.29 is 32.3 Å². The van der Waals surface area contributed by atoms with E-state index in [-0.39, 0.29) is 5.92 Å². The number of likely N-dealkylation sites (tertiary alicyclic amines) is 1. The Morgan fingerprint density at radius 3 is 2.18 bits per heavy atom. The maximum absolute atomic E-state index is 10.6. The molecule has 2 fully saturated rings. The Kier molecular flexibility index (Phi) is 13.0. The summed E-state index contributed by atoms with van der Waals surface area (Å²) in [5.74, 6) is -0.229. The van der Waals surface area contributed by atoms with Crippen LogP contribution in [0.5, 0.6) is 5.75 Å². The molecular formula is C32H42F3N5O4S. The van der Waals surface area contributed by atoms with E-state index in [1.54, 1.807) is 11.9 Å². The largest absolute Gasteiger partial charge is 0.493 e. The monoisotopic (exact) mass is 649 g/mol. The van der Waals surface area contributed by atoms with Gasteiger partial charge in [0, 0.05) is 37.0 Å². The number of benzene rings is 2. The van der Waals surface area contributed by atoms with Crippen molar-refractivity contribution in [2.24, 2.45) is 5.92 Å². The first-order valence-corrected chi connectivity index (χ1v) is 16.2. The van der Waals surface area contributed by atoms with E-state index < -0.39 is 12.1 Å².